The summed E-state index contributed by atoms with van der Waals surface area (Å²) in [4.78, 5) is 25.6. The molecule has 0 bridgehead atoms. The van der Waals surface area contributed by atoms with Crippen LogP contribution in [0.5, 0.6) is 5.75 Å². The maximum Gasteiger partial charge on any atom is 0.232 e. The van der Waals surface area contributed by atoms with E-state index in [9.17, 15) is 8.42 Å². The van der Waals surface area contributed by atoms with Gasteiger partial charge in [0.05, 0.1) is 34.7 Å². The largest absolute Gasteiger partial charge is 0.494 e. The molecule has 4 heterocycles. The minimum absolute atomic E-state index is 0.213. The second-order valence-corrected chi connectivity index (χ2v) is 15.1. The third kappa shape index (κ3) is 7.28. The van der Waals surface area contributed by atoms with Crippen molar-refractivity contribution in [2.45, 2.75) is 32.7 Å². The summed E-state index contributed by atoms with van der Waals surface area (Å²) < 4.78 is 33.4. The average molecular weight is 740 g/mol. The number of hydrogen-bond donors (Lipinski definition) is 2. The number of aryl methyl sites for hydroxylation is 1. The first-order valence-corrected chi connectivity index (χ1v) is 18.8. The lowest BCUT2D eigenvalue weighted by molar-refractivity contribution is 0.0982. The Morgan fingerprint density at radius 3 is 2.42 bits per heavy atom. The predicted octanol–water partition coefficient (Wildman–Crippen LogP) is 4.99. The van der Waals surface area contributed by atoms with E-state index >= 15 is 0 Å². The Morgan fingerprint density at radius 1 is 1.00 bits per heavy atom. The second kappa shape index (κ2) is 14.4. The zero-order valence-corrected chi connectivity index (χ0v) is 30.5. The molecule has 256 valence electrons. The summed E-state index contributed by atoms with van der Waals surface area (Å²) in [5, 5.41) is 6.65. The van der Waals surface area contributed by atoms with E-state index in [1.807, 2.05) is 0 Å². The average Bonchev–Trinajstić information content (AvgIpc) is 3.07. The number of likely N-dealkylation sites (N-methyl/N-ethyl adjacent to an activating group) is 1. The molecule has 2 aliphatic rings. The summed E-state index contributed by atoms with van der Waals surface area (Å²) in [7, 11) is 0.251. The fourth-order valence-corrected chi connectivity index (χ4v) is 7.92. The molecule has 13 nitrogen and oxygen atoms in total. The number of anilines is 6. The van der Waals surface area contributed by atoms with Gasteiger partial charge in [0.15, 0.2) is 0 Å². The Labute approximate surface area is 290 Å². The zero-order valence-electron chi connectivity index (χ0n) is 28.1. The van der Waals surface area contributed by atoms with Crippen LogP contribution in [-0.2, 0) is 10.0 Å². The summed E-state index contributed by atoms with van der Waals surface area (Å²) in [5.74, 6) is 1.48. The molecule has 0 saturated carbocycles. The smallest absolute Gasteiger partial charge is 0.232 e. The first-order chi connectivity index (χ1) is 23.0. The number of hydrogen-bond acceptors (Lipinski definition) is 12. The van der Waals surface area contributed by atoms with Gasteiger partial charge in [-0.25, -0.2) is 13.4 Å². The second-order valence-electron chi connectivity index (χ2n) is 12.4. The Kier molecular flexibility index (Phi) is 10.2. The highest BCUT2D eigenvalue weighted by molar-refractivity contribution is 9.10. The van der Waals surface area contributed by atoms with E-state index in [0.717, 1.165) is 63.4 Å². The maximum absolute atomic E-state index is 12.8. The lowest BCUT2D eigenvalue weighted by Gasteiger charge is -2.43. The highest BCUT2D eigenvalue weighted by Gasteiger charge is 2.28. The molecule has 6 rings (SSSR count). The molecule has 2 aromatic carbocycles. The van der Waals surface area contributed by atoms with Crippen molar-refractivity contribution in [2.24, 2.45) is 0 Å². The third-order valence-electron chi connectivity index (χ3n) is 9.17. The molecular formula is C33H43BrN10O3S. The molecule has 0 spiro atoms. The number of methoxy groups -OCH3 is 1. The van der Waals surface area contributed by atoms with Crippen LogP contribution in [0.25, 0.3) is 11.0 Å². The number of ether oxygens (including phenoxy) is 1. The van der Waals surface area contributed by atoms with Gasteiger partial charge in [-0.05, 0) is 73.4 Å². The number of halogens is 1. The molecule has 0 atom stereocenters. The van der Waals surface area contributed by atoms with Gasteiger partial charge in [0.2, 0.25) is 16.0 Å². The van der Waals surface area contributed by atoms with E-state index < -0.39 is 10.0 Å². The number of nitrogens with one attached hydrogen (secondary N) is 2. The van der Waals surface area contributed by atoms with Gasteiger partial charge in [-0.15, -0.1) is 0 Å². The van der Waals surface area contributed by atoms with E-state index in [1.54, 1.807) is 44.8 Å². The molecule has 2 fully saturated rings. The van der Waals surface area contributed by atoms with E-state index in [-0.39, 0.29) is 6.54 Å². The summed E-state index contributed by atoms with van der Waals surface area (Å²) >= 11 is 3.56. The van der Waals surface area contributed by atoms with Crippen LogP contribution in [0.15, 0.2) is 47.3 Å². The Balaban J connectivity index is 1.23. The monoisotopic (exact) mass is 738 g/mol. The highest BCUT2D eigenvalue weighted by atomic mass is 79.9. The predicted molar refractivity (Wildman–Crippen MR) is 196 cm³/mol. The molecule has 2 N–H and O–H groups in total. The van der Waals surface area contributed by atoms with Crippen LogP contribution in [0.3, 0.4) is 0 Å². The lowest BCUT2D eigenvalue weighted by atomic mass is 10.0. The third-order valence-corrected chi connectivity index (χ3v) is 11.0. The molecule has 4 aromatic rings. The number of rotatable bonds is 10. The fraction of sp³-hybridized carbons (Fsp3) is 0.455. The van der Waals surface area contributed by atoms with Crippen molar-refractivity contribution < 1.29 is 13.2 Å². The van der Waals surface area contributed by atoms with Crippen molar-refractivity contribution in [3.05, 3.63) is 52.9 Å². The molecule has 0 amide bonds. The summed E-state index contributed by atoms with van der Waals surface area (Å²) in [6, 6.07) is 8.39. The van der Waals surface area contributed by atoms with Crippen LogP contribution in [0, 0.1) is 6.92 Å². The zero-order chi connectivity index (χ0) is 34.0. The van der Waals surface area contributed by atoms with Crippen LogP contribution in [-0.4, -0.2) is 110 Å². The molecule has 15 heteroatoms. The Morgan fingerprint density at radius 2 is 1.73 bits per heavy atom. The van der Waals surface area contributed by atoms with E-state index in [2.05, 4.69) is 82.3 Å². The van der Waals surface area contributed by atoms with Gasteiger partial charge in [0.25, 0.3) is 0 Å². The van der Waals surface area contributed by atoms with E-state index in [1.165, 1.54) is 16.2 Å². The van der Waals surface area contributed by atoms with Crippen molar-refractivity contribution in [2.75, 3.05) is 86.1 Å². The van der Waals surface area contributed by atoms with Gasteiger partial charge in [0.1, 0.15) is 22.8 Å². The summed E-state index contributed by atoms with van der Waals surface area (Å²) in [6.07, 6.45) is 8.25. The number of sulfonamides is 1. The van der Waals surface area contributed by atoms with Gasteiger partial charge in [-0.2, -0.15) is 4.98 Å². The summed E-state index contributed by atoms with van der Waals surface area (Å²) in [6.45, 7) is 10.7. The van der Waals surface area contributed by atoms with Gasteiger partial charge in [0, 0.05) is 82.2 Å². The fourth-order valence-electron chi connectivity index (χ4n) is 6.64. The Hall–Kier alpha value is -3.79. The van der Waals surface area contributed by atoms with Gasteiger partial charge < -0.3 is 25.2 Å². The van der Waals surface area contributed by atoms with Crippen LogP contribution >= 0.6 is 15.9 Å². The van der Waals surface area contributed by atoms with Crippen molar-refractivity contribution in [1.29, 1.82) is 0 Å². The van der Waals surface area contributed by atoms with Crippen LogP contribution in [0.1, 0.15) is 25.3 Å². The van der Waals surface area contributed by atoms with Crippen LogP contribution in [0.4, 0.5) is 34.5 Å². The number of piperidine rings is 1. The minimum Gasteiger partial charge on any atom is -0.494 e. The molecular weight excluding hydrogens is 696 g/mol. The highest BCUT2D eigenvalue weighted by Crippen LogP contribution is 2.39. The van der Waals surface area contributed by atoms with Crippen molar-refractivity contribution in [3.8, 4) is 5.75 Å². The maximum atomic E-state index is 12.8. The number of benzene rings is 2. The van der Waals surface area contributed by atoms with E-state index in [4.69, 9.17) is 9.72 Å². The molecule has 2 saturated heterocycles. The van der Waals surface area contributed by atoms with Gasteiger partial charge >= 0.3 is 0 Å². The lowest BCUT2D eigenvalue weighted by Crippen LogP contribution is -2.52. The number of fused-ring (bicyclic) bond motifs is 1. The number of nitrogens with zero attached hydrogens (tertiary/aromatic N) is 8. The van der Waals surface area contributed by atoms with Crippen molar-refractivity contribution in [3.63, 3.8) is 0 Å². The number of aromatic nitrogens is 4. The summed E-state index contributed by atoms with van der Waals surface area (Å²) in [5.41, 5.74) is 4.99. The van der Waals surface area contributed by atoms with Gasteiger partial charge in [-0.3, -0.25) is 19.2 Å². The molecule has 0 radical (unpaired) electrons. The van der Waals surface area contributed by atoms with Crippen molar-refractivity contribution in [1.82, 2.24) is 29.7 Å². The normalized spacial score (nSPS) is 16.7. The minimum atomic E-state index is -3.62. The molecule has 48 heavy (non-hydrogen) atoms. The molecule has 0 aliphatic carbocycles. The SMILES string of the molecule is CCN(c1c(Nc2nc(Nc3cc(C)c(N4CCC(N5CCN(C)CC5)CC4)cc3OC)ncc2Br)ccc2nccnc12)S(C)(=O)=O. The first-order valence-electron chi connectivity index (χ1n) is 16.2. The first kappa shape index (κ1) is 34.1. The molecule has 0 unspecified atom stereocenters. The van der Waals surface area contributed by atoms with Crippen LogP contribution < -0.4 is 24.6 Å². The number of piperazine rings is 1. The van der Waals surface area contributed by atoms with E-state index in [0.29, 0.717) is 50.4 Å². The molecule has 2 aromatic heterocycles. The van der Waals surface area contributed by atoms with Crippen LogP contribution in [0.2, 0.25) is 0 Å². The Bertz CT molecular complexity index is 1880. The quantitative estimate of drug-likeness (QED) is 0.227. The molecule has 2 aliphatic heterocycles. The van der Waals surface area contributed by atoms with Crippen molar-refractivity contribution >= 4 is 71.5 Å². The van der Waals surface area contributed by atoms with Gasteiger partial charge in [-0.1, -0.05) is 0 Å². The topological polar surface area (TPSA) is 132 Å². The standard InChI is InChI=1S/C33H43BrN10O3S/c1-6-44(48(5,45)46)31-26(8-7-25-30(31)36-12-11-35-25)38-32-24(34)21-37-33(40-32)39-27-19-22(2)28(20-29(27)47-4)43-13-9-23(10-14-43)42-17-15-41(3)16-18-42/h7-8,11-12,19-21,23H,6,9-10,13-18H2,1-5H3,(H2,37,38,39,40).